The Morgan fingerprint density at radius 1 is 1.59 bits per heavy atom. The number of aliphatic hydroxyl groups excluding tert-OH is 1. The topological polar surface area (TPSA) is 67.2 Å². The largest absolute Gasteiger partial charge is 0.390 e. The van der Waals surface area contributed by atoms with Crippen molar-refractivity contribution in [2.24, 2.45) is 0 Å². The number of nitrogens with one attached hydrogen (secondary N) is 1. The van der Waals surface area contributed by atoms with Crippen LogP contribution in [0.25, 0.3) is 0 Å². The maximum atomic E-state index is 11.1. The summed E-state index contributed by atoms with van der Waals surface area (Å²) in [5.41, 5.74) is 0. The van der Waals surface area contributed by atoms with Gasteiger partial charge in [-0.1, -0.05) is 6.92 Å². The lowest BCUT2D eigenvalue weighted by Gasteiger charge is -2.13. The molecule has 0 bridgehead atoms. The molecule has 1 aromatic rings. The molecule has 1 aromatic heterocycles. The lowest BCUT2D eigenvalue weighted by molar-refractivity contribution is 0.147. The Labute approximate surface area is 105 Å². The second kappa shape index (κ2) is 7.58. The first-order valence-electron chi connectivity index (χ1n) is 5.78. The van der Waals surface area contributed by atoms with Gasteiger partial charge in [-0.05, 0) is 19.0 Å². The molecule has 98 valence electrons. The number of aromatic nitrogens is 2. The third-order valence-corrected chi connectivity index (χ3v) is 4.00. The van der Waals surface area contributed by atoms with Gasteiger partial charge < -0.3 is 10.4 Å². The van der Waals surface area contributed by atoms with Gasteiger partial charge in [0.25, 0.3) is 0 Å². The molecule has 1 rings (SSSR count). The fourth-order valence-corrected chi connectivity index (χ4v) is 1.88. The average Bonchev–Trinajstić information content (AvgIpc) is 2.76. The van der Waals surface area contributed by atoms with E-state index >= 15 is 0 Å². The van der Waals surface area contributed by atoms with Crippen molar-refractivity contribution in [1.29, 1.82) is 0 Å². The molecular weight excluding hydrogens is 238 g/mol. The first-order valence-corrected chi connectivity index (χ1v) is 7.40. The van der Waals surface area contributed by atoms with Crippen molar-refractivity contribution in [2.75, 3.05) is 19.3 Å². The molecule has 3 atom stereocenters. The van der Waals surface area contributed by atoms with Crippen LogP contribution in [0.1, 0.15) is 13.3 Å². The van der Waals surface area contributed by atoms with Crippen LogP contribution in [-0.2, 0) is 17.3 Å². The molecule has 2 N–H and O–H groups in total. The van der Waals surface area contributed by atoms with Gasteiger partial charge in [-0.25, -0.2) is 0 Å². The van der Waals surface area contributed by atoms with E-state index in [0.717, 1.165) is 13.0 Å². The lowest BCUT2D eigenvalue weighted by atomic mass is 10.3. The van der Waals surface area contributed by atoms with E-state index in [1.807, 2.05) is 19.2 Å². The molecule has 0 saturated carbocycles. The quantitative estimate of drug-likeness (QED) is 0.645. The van der Waals surface area contributed by atoms with Crippen LogP contribution in [0.4, 0.5) is 0 Å². The van der Waals surface area contributed by atoms with Gasteiger partial charge in [0.15, 0.2) is 0 Å². The molecule has 0 aliphatic heterocycles. The van der Waals surface area contributed by atoms with Gasteiger partial charge in [-0.15, -0.1) is 0 Å². The third kappa shape index (κ3) is 5.95. The van der Waals surface area contributed by atoms with Gasteiger partial charge in [0.05, 0.1) is 12.6 Å². The predicted octanol–water partition coefficient (Wildman–Crippen LogP) is -0.00930. The van der Waals surface area contributed by atoms with E-state index in [1.54, 1.807) is 17.1 Å². The van der Waals surface area contributed by atoms with Crippen LogP contribution in [0.15, 0.2) is 18.5 Å². The molecule has 0 fully saturated rings. The van der Waals surface area contributed by atoms with Gasteiger partial charge in [-0.2, -0.15) is 5.10 Å². The van der Waals surface area contributed by atoms with Crippen molar-refractivity contribution in [1.82, 2.24) is 15.1 Å². The summed E-state index contributed by atoms with van der Waals surface area (Å²) in [6.45, 7) is 3.77. The molecule has 0 aliphatic carbocycles. The molecule has 0 aromatic carbocycles. The summed E-state index contributed by atoms with van der Waals surface area (Å²) < 4.78 is 12.8. The van der Waals surface area contributed by atoms with E-state index in [4.69, 9.17) is 0 Å². The minimum Gasteiger partial charge on any atom is -0.390 e. The van der Waals surface area contributed by atoms with Crippen LogP contribution < -0.4 is 5.32 Å². The monoisotopic (exact) mass is 259 g/mol. The summed E-state index contributed by atoms with van der Waals surface area (Å²) in [6, 6.07) is 1.83. The number of hydrogen-bond acceptors (Lipinski definition) is 4. The summed E-state index contributed by atoms with van der Waals surface area (Å²) in [6.07, 6.45) is 5.65. The lowest BCUT2D eigenvalue weighted by Crippen LogP contribution is -2.32. The second-order valence-corrected chi connectivity index (χ2v) is 5.99. The molecule has 0 saturated heterocycles. The summed E-state index contributed by atoms with van der Waals surface area (Å²) in [7, 11) is -0.767. The Bertz CT molecular complexity index is 329. The minimum atomic E-state index is -0.767. The highest BCUT2D eigenvalue weighted by atomic mass is 32.2. The van der Waals surface area contributed by atoms with Crippen molar-refractivity contribution in [3.8, 4) is 0 Å². The SMILES string of the molecule is CC(CCNCC(O)Cn1cccn1)S(C)=O. The van der Waals surface area contributed by atoms with Gasteiger partial charge >= 0.3 is 0 Å². The summed E-state index contributed by atoms with van der Waals surface area (Å²) >= 11 is 0. The van der Waals surface area contributed by atoms with Crippen LogP contribution in [0.5, 0.6) is 0 Å². The normalized spacial score (nSPS) is 16.6. The number of nitrogens with zero attached hydrogens (tertiary/aromatic N) is 2. The summed E-state index contributed by atoms with van der Waals surface area (Å²) in [5, 5.41) is 17.1. The van der Waals surface area contributed by atoms with Crippen molar-refractivity contribution >= 4 is 10.8 Å². The molecule has 17 heavy (non-hydrogen) atoms. The average molecular weight is 259 g/mol. The zero-order valence-corrected chi connectivity index (χ0v) is 11.2. The molecule has 3 unspecified atom stereocenters. The van der Waals surface area contributed by atoms with E-state index < -0.39 is 16.9 Å². The fourth-order valence-electron chi connectivity index (χ4n) is 1.43. The summed E-state index contributed by atoms with van der Waals surface area (Å²) in [5.74, 6) is 0. The van der Waals surface area contributed by atoms with Crippen molar-refractivity contribution in [3.05, 3.63) is 18.5 Å². The van der Waals surface area contributed by atoms with Gasteiger partial charge in [-0.3, -0.25) is 8.89 Å². The highest BCUT2D eigenvalue weighted by Crippen LogP contribution is 1.97. The van der Waals surface area contributed by atoms with E-state index in [0.29, 0.717) is 13.1 Å². The zero-order valence-electron chi connectivity index (χ0n) is 10.4. The second-order valence-electron chi connectivity index (χ2n) is 4.18. The van der Waals surface area contributed by atoms with E-state index in [-0.39, 0.29) is 5.25 Å². The first kappa shape index (κ1) is 14.3. The first-order chi connectivity index (χ1) is 8.09. The molecule has 0 amide bonds. The number of rotatable bonds is 8. The number of hydrogen-bond donors (Lipinski definition) is 2. The highest BCUT2D eigenvalue weighted by molar-refractivity contribution is 7.84. The van der Waals surface area contributed by atoms with Crippen LogP contribution in [0.2, 0.25) is 0 Å². The van der Waals surface area contributed by atoms with E-state index in [2.05, 4.69) is 10.4 Å². The number of aliphatic hydroxyl groups is 1. The molecule has 0 radical (unpaired) electrons. The van der Waals surface area contributed by atoms with E-state index in [9.17, 15) is 9.32 Å². The van der Waals surface area contributed by atoms with Crippen molar-refractivity contribution in [2.45, 2.75) is 31.2 Å². The Morgan fingerprint density at radius 3 is 2.94 bits per heavy atom. The Balaban J connectivity index is 2.08. The standard InChI is InChI=1S/C11H21N3O2S/c1-10(17(2)16)4-6-12-8-11(15)9-14-7-3-5-13-14/h3,5,7,10-12,15H,4,6,8-9H2,1-2H3. The molecule has 0 aliphatic rings. The van der Waals surface area contributed by atoms with E-state index in [1.165, 1.54) is 0 Å². The fraction of sp³-hybridized carbons (Fsp3) is 0.727. The molecule has 1 heterocycles. The van der Waals surface area contributed by atoms with Crippen molar-refractivity contribution in [3.63, 3.8) is 0 Å². The maximum Gasteiger partial charge on any atom is 0.0860 e. The highest BCUT2D eigenvalue weighted by Gasteiger charge is 2.07. The molecular formula is C11H21N3O2S. The zero-order chi connectivity index (χ0) is 12.7. The minimum absolute atomic E-state index is 0.200. The van der Waals surface area contributed by atoms with Crippen LogP contribution in [0.3, 0.4) is 0 Å². The molecule has 5 nitrogen and oxygen atoms in total. The van der Waals surface area contributed by atoms with Crippen LogP contribution >= 0.6 is 0 Å². The van der Waals surface area contributed by atoms with Gasteiger partial charge in [0.1, 0.15) is 0 Å². The van der Waals surface area contributed by atoms with Crippen molar-refractivity contribution < 1.29 is 9.32 Å². The Hall–Kier alpha value is -0.720. The smallest absolute Gasteiger partial charge is 0.0860 e. The van der Waals surface area contributed by atoms with Crippen LogP contribution in [0, 0.1) is 0 Å². The summed E-state index contributed by atoms with van der Waals surface area (Å²) in [4.78, 5) is 0. The maximum absolute atomic E-state index is 11.1. The predicted molar refractivity (Wildman–Crippen MR) is 69.2 cm³/mol. The Kier molecular flexibility index (Phi) is 6.39. The van der Waals surface area contributed by atoms with Gasteiger partial charge in [0.2, 0.25) is 0 Å². The molecule has 0 spiro atoms. The molecule has 6 heteroatoms. The van der Waals surface area contributed by atoms with Gasteiger partial charge in [0, 0.05) is 41.2 Å². The Morgan fingerprint density at radius 2 is 2.35 bits per heavy atom. The van der Waals surface area contributed by atoms with Crippen LogP contribution in [-0.4, -0.2) is 49.8 Å². The third-order valence-electron chi connectivity index (χ3n) is 2.63.